The van der Waals surface area contributed by atoms with Crippen LogP contribution in [0.25, 0.3) is 0 Å². The number of likely N-dealkylation sites (N-methyl/N-ethyl adjacent to an activating group) is 1. The molecule has 1 atom stereocenters. The van der Waals surface area contributed by atoms with E-state index < -0.39 is 23.9 Å². The molecule has 1 saturated carbocycles. The van der Waals surface area contributed by atoms with Crippen LogP contribution in [-0.2, 0) is 4.79 Å². The normalized spacial score (nSPS) is 20.6. The van der Waals surface area contributed by atoms with Gasteiger partial charge >= 0.3 is 12.0 Å². The van der Waals surface area contributed by atoms with Gasteiger partial charge in [0.2, 0.25) is 0 Å². The van der Waals surface area contributed by atoms with Gasteiger partial charge in [0.15, 0.2) is 0 Å². The van der Waals surface area contributed by atoms with Crippen LogP contribution in [0.15, 0.2) is 24.3 Å². The van der Waals surface area contributed by atoms with Crippen LogP contribution in [-0.4, -0.2) is 58.8 Å². The summed E-state index contributed by atoms with van der Waals surface area (Å²) in [5.74, 6) is -1.30. The summed E-state index contributed by atoms with van der Waals surface area (Å²) in [5.41, 5.74) is 0.399. The Balaban J connectivity index is 1.69. The van der Waals surface area contributed by atoms with E-state index in [4.69, 9.17) is 5.11 Å². The summed E-state index contributed by atoms with van der Waals surface area (Å²) in [6, 6.07) is 5.34. The van der Waals surface area contributed by atoms with Gasteiger partial charge in [0.1, 0.15) is 5.82 Å². The Morgan fingerprint density at radius 1 is 1.40 bits per heavy atom. The van der Waals surface area contributed by atoms with E-state index in [1.165, 1.54) is 18.2 Å². The van der Waals surface area contributed by atoms with E-state index in [2.05, 4.69) is 10.6 Å². The first-order chi connectivity index (χ1) is 11.9. The van der Waals surface area contributed by atoms with Crippen molar-refractivity contribution in [2.75, 3.05) is 19.6 Å². The van der Waals surface area contributed by atoms with E-state index in [0.29, 0.717) is 24.9 Å². The van der Waals surface area contributed by atoms with Crippen LogP contribution in [0.5, 0.6) is 0 Å². The van der Waals surface area contributed by atoms with Gasteiger partial charge in [-0.25, -0.2) is 9.18 Å². The maximum atomic E-state index is 13.1. The number of aliphatic carboxylic acids is 1. The Bertz CT molecular complexity index is 607. The van der Waals surface area contributed by atoms with Crippen molar-refractivity contribution in [1.29, 1.82) is 0 Å². The second-order valence-corrected chi connectivity index (χ2v) is 6.20. The summed E-state index contributed by atoms with van der Waals surface area (Å²) in [6.45, 7) is 2.53. The largest absolute Gasteiger partial charge is 0.480 e. The van der Waals surface area contributed by atoms with Crippen molar-refractivity contribution >= 4 is 12.0 Å². The van der Waals surface area contributed by atoms with Gasteiger partial charge in [-0.3, -0.25) is 9.69 Å². The predicted octanol–water partition coefficient (Wildman–Crippen LogP) is 1.10. The molecule has 1 fully saturated rings. The van der Waals surface area contributed by atoms with Gasteiger partial charge in [-0.05, 0) is 37.1 Å². The molecule has 7 nitrogen and oxygen atoms in total. The number of amides is 2. The van der Waals surface area contributed by atoms with Crippen LogP contribution in [0.4, 0.5) is 9.18 Å². The summed E-state index contributed by atoms with van der Waals surface area (Å²) in [6.07, 6.45) is 0.406. The van der Waals surface area contributed by atoms with Crippen LogP contribution < -0.4 is 10.6 Å². The molecule has 1 unspecified atom stereocenters. The van der Waals surface area contributed by atoms with Crippen LogP contribution in [0.3, 0.4) is 0 Å². The molecular weight excluding hydrogens is 329 g/mol. The number of hydrogen-bond donors (Lipinski definition) is 4. The number of aliphatic hydroxyl groups excluding tert-OH is 1. The molecule has 0 aliphatic heterocycles. The van der Waals surface area contributed by atoms with E-state index in [9.17, 15) is 19.1 Å². The highest BCUT2D eigenvalue weighted by Gasteiger charge is 2.34. The lowest BCUT2D eigenvalue weighted by Crippen LogP contribution is -2.56. The Labute approximate surface area is 145 Å². The molecule has 0 saturated heterocycles. The average molecular weight is 353 g/mol. The maximum Gasteiger partial charge on any atom is 0.317 e. The molecule has 8 heteroatoms. The van der Waals surface area contributed by atoms with Gasteiger partial charge in [-0.2, -0.15) is 0 Å². The highest BCUT2D eigenvalue weighted by molar-refractivity contribution is 5.74. The number of hydrogen-bond acceptors (Lipinski definition) is 4. The van der Waals surface area contributed by atoms with E-state index in [1.807, 2.05) is 11.8 Å². The summed E-state index contributed by atoms with van der Waals surface area (Å²) in [4.78, 5) is 24.5. The van der Waals surface area contributed by atoms with Gasteiger partial charge in [-0.1, -0.05) is 19.1 Å². The number of aliphatic hydroxyl groups is 1. The van der Waals surface area contributed by atoms with Crippen LogP contribution in [0.2, 0.25) is 0 Å². The minimum atomic E-state index is -0.985. The SMILES string of the molecule is CCN(CC(=O)O)C1CC(NC(=O)NCC(O)c2cccc(F)c2)C1. The van der Waals surface area contributed by atoms with Crippen molar-refractivity contribution < 1.29 is 24.2 Å². The molecule has 0 heterocycles. The third-order valence-corrected chi connectivity index (χ3v) is 4.40. The summed E-state index contributed by atoms with van der Waals surface area (Å²) in [5, 5.41) is 24.2. The fourth-order valence-electron chi connectivity index (χ4n) is 2.93. The fraction of sp³-hybridized carbons (Fsp3) is 0.529. The molecule has 1 aromatic rings. The third-order valence-electron chi connectivity index (χ3n) is 4.40. The molecule has 0 spiro atoms. The number of nitrogens with zero attached hydrogens (tertiary/aromatic N) is 1. The monoisotopic (exact) mass is 353 g/mol. The number of urea groups is 1. The van der Waals surface area contributed by atoms with Gasteiger partial charge in [-0.15, -0.1) is 0 Å². The summed E-state index contributed by atoms with van der Waals surface area (Å²) < 4.78 is 13.1. The number of benzene rings is 1. The zero-order valence-corrected chi connectivity index (χ0v) is 14.1. The second kappa shape index (κ2) is 8.77. The van der Waals surface area contributed by atoms with Gasteiger partial charge in [0.25, 0.3) is 0 Å². The molecular formula is C17H24FN3O4. The first-order valence-corrected chi connectivity index (χ1v) is 8.32. The average Bonchev–Trinajstić information content (AvgIpc) is 2.53. The molecule has 1 aliphatic rings. The Hall–Kier alpha value is -2.19. The van der Waals surface area contributed by atoms with Crippen LogP contribution in [0, 0.1) is 5.82 Å². The lowest BCUT2D eigenvalue weighted by Gasteiger charge is -2.42. The molecule has 1 aliphatic carbocycles. The number of carboxylic acids is 1. The lowest BCUT2D eigenvalue weighted by atomic mass is 9.85. The van der Waals surface area contributed by atoms with E-state index in [0.717, 1.165) is 0 Å². The van der Waals surface area contributed by atoms with Gasteiger partial charge in [0.05, 0.1) is 12.6 Å². The second-order valence-electron chi connectivity index (χ2n) is 6.20. The zero-order chi connectivity index (χ0) is 18.4. The predicted molar refractivity (Wildman–Crippen MR) is 89.6 cm³/mol. The number of rotatable bonds is 8. The maximum absolute atomic E-state index is 13.1. The molecule has 1 aromatic carbocycles. The van der Waals surface area contributed by atoms with Crippen molar-refractivity contribution in [1.82, 2.24) is 15.5 Å². The van der Waals surface area contributed by atoms with Crippen molar-refractivity contribution in [3.63, 3.8) is 0 Å². The van der Waals surface area contributed by atoms with Crippen molar-refractivity contribution in [3.05, 3.63) is 35.6 Å². The number of carbonyl (C=O) groups is 2. The zero-order valence-electron chi connectivity index (χ0n) is 14.1. The van der Waals surface area contributed by atoms with Crippen molar-refractivity contribution in [2.45, 2.75) is 38.0 Å². The highest BCUT2D eigenvalue weighted by atomic mass is 19.1. The van der Waals surface area contributed by atoms with Crippen molar-refractivity contribution in [3.8, 4) is 0 Å². The van der Waals surface area contributed by atoms with Crippen molar-refractivity contribution in [2.24, 2.45) is 0 Å². The minimum absolute atomic E-state index is 0.0000886. The first kappa shape index (κ1) is 19.1. The molecule has 4 N–H and O–H groups in total. The number of halogens is 1. The van der Waals surface area contributed by atoms with E-state index >= 15 is 0 Å². The Morgan fingerprint density at radius 3 is 2.72 bits per heavy atom. The molecule has 0 aromatic heterocycles. The van der Waals surface area contributed by atoms with Gasteiger partial charge in [0, 0.05) is 18.6 Å². The number of nitrogens with one attached hydrogen (secondary N) is 2. The fourth-order valence-corrected chi connectivity index (χ4v) is 2.93. The summed E-state index contributed by atoms with van der Waals surface area (Å²) in [7, 11) is 0. The number of carbonyl (C=O) groups excluding carboxylic acids is 1. The quantitative estimate of drug-likeness (QED) is 0.560. The minimum Gasteiger partial charge on any atom is -0.480 e. The third kappa shape index (κ3) is 5.68. The Kier molecular flexibility index (Phi) is 6.72. The molecule has 2 rings (SSSR count). The Morgan fingerprint density at radius 2 is 2.12 bits per heavy atom. The molecule has 2 amide bonds. The molecule has 138 valence electrons. The molecule has 0 radical (unpaired) electrons. The van der Waals surface area contributed by atoms with E-state index in [-0.39, 0.29) is 25.2 Å². The molecule has 0 bridgehead atoms. The summed E-state index contributed by atoms with van der Waals surface area (Å²) >= 11 is 0. The number of carboxylic acid groups (broad SMARTS) is 1. The lowest BCUT2D eigenvalue weighted by molar-refractivity contribution is -0.139. The standard InChI is InChI=1S/C17H24FN3O4/c1-2-21(10-16(23)24)14-7-13(8-14)20-17(25)19-9-15(22)11-4-3-5-12(18)6-11/h3-6,13-15,22H,2,7-10H2,1H3,(H,23,24)(H2,19,20,25). The van der Waals surface area contributed by atoms with Crippen LogP contribution in [0.1, 0.15) is 31.4 Å². The smallest absolute Gasteiger partial charge is 0.317 e. The van der Waals surface area contributed by atoms with Gasteiger partial charge < -0.3 is 20.8 Å². The van der Waals surface area contributed by atoms with E-state index in [1.54, 1.807) is 6.07 Å². The highest BCUT2D eigenvalue weighted by Crippen LogP contribution is 2.25. The topological polar surface area (TPSA) is 102 Å². The molecule has 25 heavy (non-hydrogen) atoms. The first-order valence-electron chi connectivity index (χ1n) is 8.32. The van der Waals surface area contributed by atoms with Crippen LogP contribution >= 0.6 is 0 Å².